The summed E-state index contributed by atoms with van der Waals surface area (Å²) < 4.78 is 28.4. The Bertz CT molecular complexity index is 1110. The second-order valence-corrected chi connectivity index (χ2v) is 11.8. The summed E-state index contributed by atoms with van der Waals surface area (Å²) in [5, 5.41) is 0. The number of rotatable bonds is 4. The number of carbonyl (C=O) groups is 2. The van der Waals surface area contributed by atoms with Gasteiger partial charge in [-0.1, -0.05) is 41.1 Å². The minimum atomic E-state index is -3.88. The van der Waals surface area contributed by atoms with Crippen LogP contribution in [0, 0.1) is 11.8 Å². The van der Waals surface area contributed by atoms with Crippen LogP contribution in [0.1, 0.15) is 20.3 Å². The van der Waals surface area contributed by atoms with E-state index in [-0.39, 0.29) is 0 Å². The molecule has 10 heteroatoms. The van der Waals surface area contributed by atoms with E-state index in [2.05, 4.69) is 34.8 Å². The van der Waals surface area contributed by atoms with Crippen molar-refractivity contribution in [3.05, 3.63) is 27.5 Å². The van der Waals surface area contributed by atoms with Gasteiger partial charge in [-0.15, -0.1) is 0 Å². The van der Waals surface area contributed by atoms with Crippen molar-refractivity contribution in [3.8, 4) is 0 Å². The molecule has 0 radical (unpaired) electrons. The van der Waals surface area contributed by atoms with Gasteiger partial charge in [-0.25, -0.2) is 8.42 Å². The maximum Gasteiger partial charge on any atom is 0.263 e. The molecule has 0 N–H and O–H groups in total. The van der Waals surface area contributed by atoms with Crippen molar-refractivity contribution in [2.75, 3.05) is 24.6 Å². The summed E-state index contributed by atoms with van der Waals surface area (Å²) in [5.74, 6) is -1.94. The maximum atomic E-state index is 12.4. The van der Waals surface area contributed by atoms with E-state index in [1.807, 2.05) is 18.2 Å². The van der Waals surface area contributed by atoms with Crippen molar-refractivity contribution < 1.29 is 18.0 Å². The highest BCUT2D eigenvalue weighted by atomic mass is 79.9. The smallest absolute Gasteiger partial charge is 0.263 e. The summed E-state index contributed by atoms with van der Waals surface area (Å²) in [5.41, 5.74) is 0.899. The molecule has 1 saturated heterocycles. The van der Waals surface area contributed by atoms with E-state index in [0.717, 1.165) is 21.1 Å². The molecular weight excluding hydrogens is 478 g/mol. The van der Waals surface area contributed by atoms with Gasteiger partial charge in [0, 0.05) is 24.6 Å². The Morgan fingerprint density at radius 3 is 2.52 bits per heavy atom. The predicted molar refractivity (Wildman–Crippen MR) is 117 cm³/mol. The first-order valence-corrected chi connectivity index (χ1v) is 12.8. The molecule has 2 aromatic rings. The first kappa shape index (κ1) is 22.2. The fourth-order valence-corrected chi connectivity index (χ4v) is 6.43. The third-order valence-corrected chi connectivity index (χ3v) is 7.86. The van der Waals surface area contributed by atoms with Crippen LogP contribution in [-0.4, -0.2) is 54.3 Å². The van der Waals surface area contributed by atoms with Crippen LogP contribution in [0.25, 0.3) is 10.2 Å². The average Bonchev–Trinajstić information content (AvgIpc) is 2.87. The molecule has 1 fully saturated rings. The van der Waals surface area contributed by atoms with Crippen molar-refractivity contribution in [1.29, 1.82) is 0 Å². The van der Waals surface area contributed by atoms with Crippen LogP contribution in [0.4, 0.5) is 0 Å². The van der Waals surface area contributed by atoms with E-state index >= 15 is 0 Å². The average molecular weight is 502 g/mol. The number of thiazole rings is 1. The van der Waals surface area contributed by atoms with Gasteiger partial charge < -0.3 is 9.47 Å². The number of amides is 2. The van der Waals surface area contributed by atoms with E-state index in [9.17, 15) is 18.0 Å². The fraction of sp³-hybridized carbons (Fsp3) is 0.526. The second kappa shape index (κ2) is 8.69. The quantitative estimate of drug-likeness (QED) is 0.642. The van der Waals surface area contributed by atoms with Gasteiger partial charge in [0.15, 0.2) is 14.6 Å². The van der Waals surface area contributed by atoms with Crippen LogP contribution in [0.2, 0.25) is 0 Å². The molecule has 29 heavy (non-hydrogen) atoms. The van der Waals surface area contributed by atoms with Crippen LogP contribution in [-0.2, 0) is 26.5 Å². The Labute approximate surface area is 182 Å². The Hall–Kier alpha value is -1.52. The lowest BCUT2D eigenvalue weighted by Gasteiger charge is -2.34. The SMILES string of the molecule is CC1CC(C)CN(C(=O)CS(=O)(=O)CC(=O)N=c2sc3cc(Br)ccc3n2C)C1. The molecule has 1 aliphatic rings. The standard InChI is InChI=1S/C19H24BrN3O4S2/c1-12-6-13(2)9-23(8-12)18(25)11-29(26,27)10-17(24)21-19-22(3)15-5-4-14(20)7-16(15)28-19/h4-5,7,12-13H,6,8-11H2,1-3H3. The largest absolute Gasteiger partial charge is 0.341 e. The number of halogens is 1. The van der Waals surface area contributed by atoms with E-state index < -0.39 is 33.2 Å². The van der Waals surface area contributed by atoms with Gasteiger partial charge in [0.1, 0.15) is 11.5 Å². The van der Waals surface area contributed by atoms with Crippen LogP contribution in [0.5, 0.6) is 0 Å². The van der Waals surface area contributed by atoms with Gasteiger partial charge >= 0.3 is 0 Å². The number of hydrogen-bond donors (Lipinski definition) is 0. The Balaban J connectivity index is 1.72. The Morgan fingerprint density at radius 2 is 1.86 bits per heavy atom. The van der Waals surface area contributed by atoms with Crippen molar-refractivity contribution in [2.45, 2.75) is 20.3 Å². The number of benzene rings is 1. The van der Waals surface area contributed by atoms with Gasteiger partial charge in [-0.2, -0.15) is 4.99 Å². The lowest BCUT2D eigenvalue weighted by molar-refractivity contribution is -0.131. The zero-order valence-corrected chi connectivity index (χ0v) is 19.8. The van der Waals surface area contributed by atoms with E-state index in [1.165, 1.54) is 11.3 Å². The molecule has 7 nitrogen and oxygen atoms in total. The monoisotopic (exact) mass is 501 g/mol. The van der Waals surface area contributed by atoms with Gasteiger partial charge in [-0.05, 0) is 36.5 Å². The predicted octanol–water partition coefficient (Wildman–Crippen LogP) is 2.35. The van der Waals surface area contributed by atoms with Gasteiger partial charge in [0.2, 0.25) is 5.91 Å². The zero-order chi connectivity index (χ0) is 21.3. The molecule has 1 aliphatic heterocycles. The number of sulfone groups is 1. The van der Waals surface area contributed by atoms with Crippen molar-refractivity contribution in [1.82, 2.24) is 9.47 Å². The van der Waals surface area contributed by atoms with Crippen LogP contribution in [0.3, 0.4) is 0 Å². The van der Waals surface area contributed by atoms with Gasteiger partial charge in [-0.3, -0.25) is 9.59 Å². The van der Waals surface area contributed by atoms with E-state index in [1.54, 1.807) is 16.5 Å². The number of carbonyl (C=O) groups excluding carboxylic acids is 2. The molecule has 0 aliphatic carbocycles. The summed E-state index contributed by atoms with van der Waals surface area (Å²) in [6.07, 6.45) is 1.02. The second-order valence-electron chi connectivity index (χ2n) is 7.84. The van der Waals surface area contributed by atoms with Crippen molar-refractivity contribution >= 4 is 59.1 Å². The molecule has 158 valence electrons. The Kier molecular flexibility index (Phi) is 6.64. The Morgan fingerprint density at radius 1 is 1.21 bits per heavy atom. The van der Waals surface area contributed by atoms with Crippen molar-refractivity contribution in [3.63, 3.8) is 0 Å². The fourth-order valence-electron chi connectivity index (χ4n) is 3.74. The molecule has 3 rings (SSSR count). The third kappa shape index (κ3) is 5.55. The topological polar surface area (TPSA) is 88.8 Å². The van der Waals surface area contributed by atoms with Gasteiger partial charge in [0.05, 0.1) is 10.2 Å². The highest BCUT2D eigenvalue weighted by molar-refractivity contribution is 9.10. The highest BCUT2D eigenvalue weighted by Crippen LogP contribution is 2.22. The summed E-state index contributed by atoms with van der Waals surface area (Å²) in [6, 6.07) is 5.70. The molecule has 0 saturated carbocycles. The number of likely N-dealkylation sites (tertiary alicyclic amines) is 1. The molecule has 2 amide bonds. The minimum absolute atomic E-state index is 0.343. The normalized spacial score (nSPS) is 21.0. The zero-order valence-electron chi connectivity index (χ0n) is 16.6. The number of piperidine rings is 1. The number of aromatic nitrogens is 1. The van der Waals surface area contributed by atoms with Gasteiger partial charge in [0.25, 0.3) is 5.91 Å². The minimum Gasteiger partial charge on any atom is -0.341 e. The molecule has 0 bridgehead atoms. The maximum absolute atomic E-state index is 12.4. The lowest BCUT2D eigenvalue weighted by atomic mass is 9.92. The number of fused-ring (bicyclic) bond motifs is 1. The first-order chi connectivity index (χ1) is 13.5. The summed E-state index contributed by atoms with van der Waals surface area (Å²) in [7, 11) is -2.11. The number of aryl methyl sites for hydroxylation is 1. The molecule has 1 aromatic carbocycles. The molecule has 0 spiro atoms. The highest BCUT2D eigenvalue weighted by Gasteiger charge is 2.29. The number of nitrogens with zero attached hydrogens (tertiary/aromatic N) is 3. The molecular formula is C19H24BrN3O4S2. The van der Waals surface area contributed by atoms with Crippen molar-refractivity contribution in [2.24, 2.45) is 23.9 Å². The lowest BCUT2D eigenvalue weighted by Crippen LogP contribution is -2.45. The van der Waals surface area contributed by atoms with E-state index in [0.29, 0.717) is 29.7 Å². The third-order valence-electron chi connectivity index (χ3n) is 4.90. The first-order valence-electron chi connectivity index (χ1n) is 9.35. The molecule has 2 atom stereocenters. The summed E-state index contributed by atoms with van der Waals surface area (Å²) in [6.45, 7) is 5.22. The number of hydrogen-bond acceptors (Lipinski definition) is 5. The van der Waals surface area contributed by atoms with E-state index in [4.69, 9.17) is 0 Å². The van der Waals surface area contributed by atoms with Crippen LogP contribution in [0.15, 0.2) is 27.7 Å². The summed E-state index contributed by atoms with van der Waals surface area (Å²) >= 11 is 4.71. The molecule has 1 aromatic heterocycles. The molecule has 2 heterocycles. The van der Waals surface area contributed by atoms with Crippen LogP contribution >= 0.6 is 27.3 Å². The summed E-state index contributed by atoms with van der Waals surface area (Å²) in [4.78, 5) is 30.7. The molecule has 2 unspecified atom stereocenters. The van der Waals surface area contributed by atoms with Crippen LogP contribution < -0.4 is 4.80 Å².